The van der Waals surface area contributed by atoms with Crippen LogP contribution in [0.5, 0.6) is 0 Å². The summed E-state index contributed by atoms with van der Waals surface area (Å²) < 4.78 is 8.86. The lowest BCUT2D eigenvalue weighted by atomic mass is 9.97. The zero-order chi connectivity index (χ0) is 32.3. The molecule has 2 heterocycles. The summed E-state index contributed by atoms with van der Waals surface area (Å²) in [6.07, 6.45) is 0. The molecule has 0 bridgehead atoms. The molecule has 8 aromatic carbocycles. The van der Waals surface area contributed by atoms with E-state index in [1.54, 1.807) is 0 Å². The van der Waals surface area contributed by atoms with Crippen LogP contribution in [0.4, 0.5) is 17.1 Å². The third-order valence-corrected chi connectivity index (χ3v) is 10.8. The Morgan fingerprint density at radius 1 is 0.367 bits per heavy atom. The van der Waals surface area contributed by atoms with Gasteiger partial charge in [0.1, 0.15) is 11.2 Å². The molecule has 0 spiro atoms. The standard InChI is InChI=1S/C46H29NOS/c1-2-13-37-31(9-1)10-8-16-38(37)33-11-7-12-35(27-33)47(36-24-25-44-41(29-36)39-14-3-5-17-43(39)48-44)34-22-19-30(20-23-34)32-21-26-46-42(28-32)40-15-4-6-18-45(40)49-46/h1-29H. The summed E-state index contributed by atoms with van der Waals surface area (Å²) in [6, 6.07) is 63.4. The molecule has 2 nitrogen and oxygen atoms in total. The molecule has 230 valence electrons. The predicted molar refractivity (Wildman–Crippen MR) is 210 cm³/mol. The van der Waals surface area contributed by atoms with Crippen molar-refractivity contribution in [3.05, 3.63) is 176 Å². The quantitative estimate of drug-likeness (QED) is 0.186. The number of para-hydroxylation sites is 1. The first-order valence-corrected chi connectivity index (χ1v) is 17.4. The van der Waals surface area contributed by atoms with Gasteiger partial charge >= 0.3 is 0 Å². The number of thiophene rings is 1. The van der Waals surface area contributed by atoms with Gasteiger partial charge in [-0.25, -0.2) is 0 Å². The molecule has 0 saturated heterocycles. The van der Waals surface area contributed by atoms with E-state index >= 15 is 0 Å². The largest absolute Gasteiger partial charge is 0.456 e. The number of hydrogen-bond acceptors (Lipinski definition) is 3. The lowest BCUT2D eigenvalue weighted by molar-refractivity contribution is 0.669. The van der Waals surface area contributed by atoms with Crippen molar-refractivity contribution < 1.29 is 4.42 Å². The molecule has 0 N–H and O–H groups in total. The Bertz CT molecular complexity index is 2840. The zero-order valence-corrected chi connectivity index (χ0v) is 27.3. The van der Waals surface area contributed by atoms with Crippen molar-refractivity contribution in [2.75, 3.05) is 4.90 Å². The number of fused-ring (bicyclic) bond motifs is 7. The van der Waals surface area contributed by atoms with Crippen LogP contribution in [0.1, 0.15) is 0 Å². The van der Waals surface area contributed by atoms with Gasteiger partial charge in [0.05, 0.1) is 0 Å². The Hall–Kier alpha value is -6.16. The summed E-state index contributed by atoms with van der Waals surface area (Å²) in [5, 5.41) is 7.35. The van der Waals surface area contributed by atoms with Crippen LogP contribution >= 0.6 is 11.3 Å². The van der Waals surface area contributed by atoms with Crippen LogP contribution in [0.15, 0.2) is 180 Å². The van der Waals surface area contributed by atoms with Crippen LogP contribution in [-0.2, 0) is 0 Å². The van der Waals surface area contributed by atoms with Gasteiger partial charge in [0.2, 0.25) is 0 Å². The van der Waals surface area contributed by atoms with E-state index < -0.39 is 0 Å². The number of nitrogens with zero attached hydrogens (tertiary/aromatic N) is 1. The fourth-order valence-corrected chi connectivity index (χ4v) is 8.39. The molecule has 0 radical (unpaired) electrons. The van der Waals surface area contributed by atoms with Crippen molar-refractivity contribution in [2.24, 2.45) is 0 Å². The highest BCUT2D eigenvalue weighted by atomic mass is 32.1. The molecule has 3 heteroatoms. The van der Waals surface area contributed by atoms with Gasteiger partial charge in [-0.2, -0.15) is 0 Å². The van der Waals surface area contributed by atoms with Crippen molar-refractivity contribution in [3.8, 4) is 22.3 Å². The molecule has 0 saturated carbocycles. The van der Waals surface area contributed by atoms with Crippen molar-refractivity contribution in [3.63, 3.8) is 0 Å². The van der Waals surface area contributed by atoms with Crippen molar-refractivity contribution in [2.45, 2.75) is 0 Å². The molecule has 0 unspecified atom stereocenters. The minimum atomic E-state index is 0.890. The van der Waals surface area contributed by atoms with Gasteiger partial charge in [0.15, 0.2) is 0 Å². The van der Waals surface area contributed by atoms with Crippen molar-refractivity contribution in [1.82, 2.24) is 0 Å². The van der Waals surface area contributed by atoms with Crippen LogP contribution in [0, 0.1) is 0 Å². The van der Waals surface area contributed by atoms with E-state index in [0.29, 0.717) is 0 Å². The van der Waals surface area contributed by atoms with Gasteiger partial charge in [0.25, 0.3) is 0 Å². The first-order chi connectivity index (χ1) is 24.3. The fourth-order valence-electron chi connectivity index (χ4n) is 7.30. The summed E-state index contributed by atoms with van der Waals surface area (Å²) in [5.74, 6) is 0. The molecule has 10 rings (SSSR count). The third kappa shape index (κ3) is 4.70. The molecular formula is C46H29NOS. The minimum absolute atomic E-state index is 0.890. The number of furan rings is 1. The van der Waals surface area contributed by atoms with E-state index in [2.05, 4.69) is 169 Å². The van der Waals surface area contributed by atoms with E-state index in [1.165, 1.54) is 53.2 Å². The SMILES string of the molecule is c1cc(-c2cccc3ccccc23)cc(N(c2ccc(-c3ccc4sc5ccccc5c4c3)cc2)c2ccc3oc4ccccc4c3c2)c1. The van der Waals surface area contributed by atoms with Crippen molar-refractivity contribution >= 4 is 81.3 Å². The van der Waals surface area contributed by atoms with Gasteiger partial charge in [-0.1, -0.05) is 109 Å². The second-order valence-electron chi connectivity index (χ2n) is 12.5. The van der Waals surface area contributed by atoms with Gasteiger partial charge in [-0.15, -0.1) is 11.3 Å². The van der Waals surface area contributed by atoms with Gasteiger partial charge < -0.3 is 9.32 Å². The van der Waals surface area contributed by atoms with E-state index in [1.807, 2.05) is 23.5 Å². The summed E-state index contributed by atoms with van der Waals surface area (Å²) in [4.78, 5) is 2.36. The molecule has 10 aromatic rings. The summed E-state index contributed by atoms with van der Waals surface area (Å²) >= 11 is 1.86. The van der Waals surface area contributed by atoms with Gasteiger partial charge in [0, 0.05) is 48.0 Å². The molecule has 0 fully saturated rings. The molecule has 0 amide bonds. The second-order valence-corrected chi connectivity index (χ2v) is 13.6. The maximum atomic E-state index is 6.21. The lowest BCUT2D eigenvalue weighted by Crippen LogP contribution is -2.10. The van der Waals surface area contributed by atoms with Gasteiger partial charge in [-0.3, -0.25) is 0 Å². The Kier molecular flexibility index (Phi) is 6.39. The fraction of sp³-hybridized carbons (Fsp3) is 0. The molecule has 0 atom stereocenters. The Balaban J connectivity index is 1.12. The highest BCUT2D eigenvalue weighted by molar-refractivity contribution is 7.25. The van der Waals surface area contributed by atoms with E-state index in [-0.39, 0.29) is 0 Å². The summed E-state index contributed by atoms with van der Waals surface area (Å²) in [6.45, 7) is 0. The summed E-state index contributed by atoms with van der Waals surface area (Å²) in [7, 11) is 0. The van der Waals surface area contributed by atoms with Crippen LogP contribution in [0.25, 0.3) is 75.1 Å². The van der Waals surface area contributed by atoms with Crippen LogP contribution < -0.4 is 4.90 Å². The normalized spacial score (nSPS) is 11.7. The van der Waals surface area contributed by atoms with E-state index in [0.717, 1.165) is 39.0 Å². The molecule has 0 aliphatic heterocycles. The smallest absolute Gasteiger partial charge is 0.135 e. The van der Waals surface area contributed by atoms with Crippen LogP contribution in [0.3, 0.4) is 0 Å². The Labute approximate surface area is 287 Å². The topological polar surface area (TPSA) is 16.4 Å². The first kappa shape index (κ1) is 27.9. The van der Waals surface area contributed by atoms with Crippen molar-refractivity contribution in [1.29, 1.82) is 0 Å². The average molecular weight is 644 g/mol. The predicted octanol–water partition coefficient (Wildman–Crippen LogP) is 13.9. The van der Waals surface area contributed by atoms with Crippen LogP contribution in [0.2, 0.25) is 0 Å². The number of benzene rings is 8. The van der Waals surface area contributed by atoms with Gasteiger partial charge in [-0.05, 0) is 99.8 Å². The van der Waals surface area contributed by atoms with Crippen LogP contribution in [-0.4, -0.2) is 0 Å². The Morgan fingerprint density at radius 3 is 1.96 bits per heavy atom. The number of rotatable bonds is 5. The zero-order valence-electron chi connectivity index (χ0n) is 26.5. The third-order valence-electron chi connectivity index (χ3n) is 9.66. The molecule has 0 aliphatic carbocycles. The highest BCUT2D eigenvalue weighted by Gasteiger charge is 2.17. The Morgan fingerprint density at radius 2 is 1.04 bits per heavy atom. The molecule has 0 aliphatic rings. The minimum Gasteiger partial charge on any atom is -0.456 e. The maximum absolute atomic E-state index is 6.21. The maximum Gasteiger partial charge on any atom is 0.135 e. The second kappa shape index (κ2) is 11.2. The van der Waals surface area contributed by atoms with E-state index in [9.17, 15) is 0 Å². The lowest BCUT2D eigenvalue weighted by Gasteiger charge is -2.26. The highest BCUT2D eigenvalue weighted by Crippen LogP contribution is 2.42. The van der Waals surface area contributed by atoms with E-state index in [4.69, 9.17) is 4.42 Å². The monoisotopic (exact) mass is 643 g/mol. The molecule has 49 heavy (non-hydrogen) atoms. The average Bonchev–Trinajstić information content (AvgIpc) is 3.73. The number of hydrogen-bond donors (Lipinski definition) is 0. The first-order valence-electron chi connectivity index (χ1n) is 16.6. The molecule has 2 aromatic heterocycles. The summed E-state index contributed by atoms with van der Waals surface area (Å²) in [5.41, 5.74) is 9.88. The molecular weight excluding hydrogens is 615 g/mol. The number of anilines is 3.